The first-order chi connectivity index (χ1) is 8.96. The zero-order valence-corrected chi connectivity index (χ0v) is 11.5. The van der Waals surface area contributed by atoms with Crippen LogP contribution in [0.2, 0.25) is 5.02 Å². The predicted octanol–water partition coefficient (Wildman–Crippen LogP) is 2.64. The second-order valence-electron chi connectivity index (χ2n) is 4.22. The molecule has 0 N–H and O–H groups in total. The second-order valence-corrected chi connectivity index (χ2v) is 4.65. The lowest BCUT2D eigenvalue weighted by Gasteiger charge is -2.23. The first kappa shape index (κ1) is 15.2. The van der Waals surface area contributed by atoms with E-state index in [1.54, 1.807) is 24.3 Å². The van der Waals surface area contributed by atoms with Gasteiger partial charge in [-0.3, -0.25) is 0 Å². The Hall–Kier alpha value is -1.86. The van der Waals surface area contributed by atoms with Crippen LogP contribution in [0.3, 0.4) is 0 Å². The van der Waals surface area contributed by atoms with Gasteiger partial charge in [-0.15, -0.1) is 0 Å². The summed E-state index contributed by atoms with van der Waals surface area (Å²) in [6, 6.07) is 8.38. The van der Waals surface area contributed by atoms with Crippen molar-refractivity contribution in [2.75, 3.05) is 7.11 Å². The van der Waals surface area contributed by atoms with E-state index in [-0.39, 0.29) is 18.6 Å². The van der Waals surface area contributed by atoms with Gasteiger partial charge in [0.05, 0.1) is 13.2 Å². The van der Waals surface area contributed by atoms with Crippen molar-refractivity contribution in [3.8, 4) is 6.07 Å². The van der Waals surface area contributed by atoms with E-state index in [1.807, 2.05) is 6.07 Å². The van der Waals surface area contributed by atoms with Crippen LogP contribution in [-0.2, 0) is 19.7 Å². The van der Waals surface area contributed by atoms with Gasteiger partial charge in [0.1, 0.15) is 5.78 Å². The Morgan fingerprint density at radius 2 is 1.95 bits per heavy atom. The summed E-state index contributed by atoms with van der Waals surface area (Å²) in [6.07, 6.45) is 0.221. The highest BCUT2D eigenvalue weighted by Gasteiger charge is 2.41. The number of methoxy groups -OCH3 is 1. The number of nitrogens with zero attached hydrogens (tertiary/aromatic N) is 1. The normalized spacial score (nSPS) is 13.2. The highest BCUT2D eigenvalue weighted by molar-refractivity contribution is 6.30. The largest absolute Gasteiger partial charge is 0.468 e. The van der Waals surface area contributed by atoms with Crippen molar-refractivity contribution in [3.63, 3.8) is 0 Å². The van der Waals surface area contributed by atoms with E-state index in [4.69, 9.17) is 16.3 Å². The molecule has 1 aromatic carbocycles. The highest BCUT2D eigenvalue weighted by atomic mass is 35.5. The molecule has 5 heteroatoms. The lowest BCUT2D eigenvalue weighted by molar-refractivity contribution is -0.145. The Kier molecular flexibility index (Phi) is 5.08. The van der Waals surface area contributed by atoms with Crippen LogP contribution < -0.4 is 0 Å². The van der Waals surface area contributed by atoms with Gasteiger partial charge in [0.15, 0.2) is 5.41 Å². The number of halogens is 1. The predicted molar refractivity (Wildman–Crippen MR) is 70.7 cm³/mol. The third-order valence-corrected chi connectivity index (χ3v) is 3.17. The molecule has 0 saturated heterocycles. The molecule has 0 heterocycles. The maximum atomic E-state index is 12.0. The number of carbonyl (C=O) groups excluding carboxylic acids is 2. The zero-order chi connectivity index (χ0) is 14.5. The Morgan fingerprint density at radius 3 is 2.37 bits per heavy atom. The van der Waals surface area contributed by atoms with E-state index in [9.17, 15) is 14.9 Å². The smallest absolute Gasteiger partial charge is 0.330 e. The Labute approximate surface area is 116 Å². The van der Waals surface area contributed by atoms with E-state index in [0.717, 1.165) is 0 Å². The van der Waals surface area contributed by atoms with Crippen molar-refractivity contribution in [2.24, 2.45) is 0 Å². The van der Waals surface area contributed by atoms with Gasteiger partial charge in [-0.25, -0.2) is 4.79 Å². The minimum atomic E-state index is -1.47. The number of Topliss-reactive ketones (excluding diaryl/α,β-unsaturated/α-hetero) is 1. The lowest BCUT2D eigenvalue weighted by Crippen LogP contribution is -2.36. The number of nitriles is 1. The molecule has 0 aromatic heterocycles. The van der Waals surface area contributed by atoms with Crippen LogP contribution in [-0.4, -0.2) is 18.9 Å². The molecule has 1 rings (SSSR count). The van der Waals surface area contributed by atoms with Crippen LogP contribution in [0.5, 0.6) is 0 Å². The number of ether oxygens (including phenoxy) is 1. The molecule has 0 aliphatic rings. The molecule has 0 aliphatic heterocycles. The molecule has 4 nitrogen and oxygen atoms in total. The summed E-state index contributed by atoms with van der Waals surface area (Å²) in [4.78, 5) is 23.1. The number of esters is 1. The SMILES string of the molecule is COC(=O)C(C#N)(CCC(C)=O)c1ccc(Cl)cc1. The van der Waals surface area contributed by atoms with Crippen LogP contribution in [0.1, 0.15) is 25.3 Å². The van der Waals surface area contributed by atoms with E-state index in [1.165, 1.54) is 14.0 Å². The molecule has 1 unspecified atom stereocenters. The molecule has 0 aliphatic carbocycles. The average Bonchev–Trinajstić information content (AvgIpc) is 2.41. The zero-order valence-electron chi connectivity index (χ0n) is 10.8. The van der Waals surface area contributed by atoms with Crippen molar-refractivity contribution < 1.29 is 14.3 Å². The summed E-state index contributed by atoms with van der Waals surface area (Å²) in [5.41, 5.74) is -0.988. The number of carbonyl (C=O) groups is 2. The third-order valence-electron chi connectivity index (χ3n) is 2.91. The number of ketones is 1. The average molecular weight is 280 g/mol. The third kappa shape index (κ3) is 3.33. The topological polar surface area (TPSA) is 67.2 Å². The summed E-state index contributed by atoms with van der Waals surface area (Å²) in [7, 11) is 1.22. The van der Waals surface area contributed by atoms with Crippen LogP contribution in [0.25, 0.3) is 0 Å². The van der Waals surface area contributed by atoms with Gasteiger partial charge in [0.2, 0.25) is 0 Å². The molecule has 0 spiro atoms. The maximum Gasteiger partial charge on any atom is 0.330 e. The standard InChI is InChI=1S/C14H14ClNO3/c1-10(17)7-8-14(9-16,13(18)19-2)11-3-5-12(15)6-4-11/h3-6H,7-8H2,1-2H3. The minimum Gasteiger partial charge on any atom is -0.468 e. The van der Waals surface area contributed by atoms with E-state index in [2.05, 4.69) is 0 Å². The molecule has 0 amide bonds. The molecule has 0 fully saturated rings. The quantitative estimate of drug-likeness (QED) is 0.777. The van der Waals surface area contributed by atoms with E-state index < -0.39 is 11.4 Å². The summed E-state index contributed by atoms with van der Waals surface area (Å²) in [5.74, 6) is -0.754. The van der Waals surface area contributed by atoms with Crippen molar-refractivity contribution in [3.05, 3.63) is 34.9 Å². The molecule has 0 bridgehead atoms. The van der Waals surface area contributed by atoms with Crippen LogP contribution in [0.15, 0.2) is 24.3 Å². The number of benzene rings is 1. The molecular weight excluding hydrogens is 266 g/mol. The van der Waals surface area contributed by atoms with Crippen LogP contribution >= 0.6 is 11.6 Å². The molecular formula is C14H14ClNO3. The van der Waals surface area contributed by atoms with Gasteiger partial charge in [-0.2, -0.15) is 5.26 Å². The minimum absolute atomic E-state index is 0.0857. The fourth-order valence-electron chi connectivity index (χ4n) is 1.80. The first-order valence-corrected chi connectivity index (χ1v) is 6.09. The molecule has 0 radical (unpaired) electrons. The van der Waals surface area contributed by atoms with Crippen molar-refractivity contribution in [1.29, 1.82) is 5.26 Å². The fourth-order valence-corrected chi connectivity index (χ4v) is 1.93. The number of hydrogen-bond donors (Lipinski definition) is 0. The van der Waals surface area contributed by atoms with Gasteiger partial charge < -0.3 is 9.53 Å². The summed E-state index contributed by atoms with van der Waals surface area (Å²) >= 11 is 5.79. The lowest BCUT2D eigenvalue weighted by atomic mass is 9.77. The van der Waals surface area contributed by atoms with Gasteiger partial charge in [-0.1, -0.05) is 23.7 Å². The number of rotatable bonds is 5. The van der Waals surface area contributed by atoms with Crippen LogP contribution in [0, 0.1) is 11.3 Å². The highest BCUT2D eigenvalue weighted by Crippen LogP contribution is 2.31. The van der Waals surface area contributed by atoms with Gasteiger partial charge in [-0.05, 0) is 31.0 Å². The van der Waals surface area contributed by atoms with Gasteiger partial charge >= 0.3 is 5.97 Å². The number of hydrogen-bond acceptors (Lipinski definition) is 4. The van der Waals surface area contributed by atoms with Crippen molar-refractivity contribution in [2.45, 2.75) is 25.2 Å². The Morgan fingerprint density at radius 1 is 1.37 bits per heavy atom. The summed E-state index contributed by atoms with van der Waals surface area (Å²) in [6.45, 7) is 1.42. The molecule has 19 heavy (non-hydrogen) atoms. The monoisotopic (exact) mass is 279 g/mol. The Balaban J connectivity index is 3.24. The van der Waals surface area contributed by atoms with Crippen molar-refractivity contribution in [1.82, 2.24) is 0 Å². The molecule has 1 aromatic rings. The molecule has 0 saturated carbocycles. The van der Waals surface area contributed by atoms with Crippen LogP contribution in [0.4, 0.5) is 0 Å². The van der Waals surface area contributed by atoms with Gasteiger partial charge in [0, 0.05) is 11.4 Å². The van der Waals surface area contributed by atoms with Gasteiger partial charge in [0.25, 0.3) is 0 Å². The summed E-state index contributed by atoms with van der Waals surface area (Å²) < 4.78 is 4.72. The van der Waals surface area contributed by atoms with E-state index >= 15 is 0 Å². The first-order valence-electron chi connectivity index (χ1n) is 5.71. The second kappa shape index (κ2) is 6.35. The molecule has 1 atom stereocenters. The van der Waals surface area contributed by atoms with Crippen molar-refractivity contribution >= 4 is 23.4 Å². The maximum absolute atomic E-state index is 12.0. The fraction of sp³-hybridized carbons (Fsp3) is 0.357. The summed E-state index contributed by atoms with van der Waals surface area (Å²) in [5, 5.41) is 9.93. The molecule has 100 valence electrons. The Bertz CT molecular complexity index is 518. The van der Waals surface area contributed by atoms with E-state index in [0.29, 0.717) is 10.6 Å².